The fourth-order valence-corrected chi connectivity index (χ4v) is 1.12. The van der Waals surface area contributed by atoms with Crippen molar-refractivity contribution in [2.75, 3.05) is 19.5 Å². The number of nitrogens with two attached hydrogens (primary N) is 1. The lowest BCUT2D eigenvalue weighted by molar-refractivity contribution is 0.259. The zero-order chi connectivity index (χ0) is 10.6. The molecule has 0 saturated heterocycles. The van der Waals surface area contributed by atoms with Gasteiger partial charge in [-0.05, 0) is 12.1 Å². The van der Waals surface area contributed by atoms with E-state index in [2.05, 4.69) is 5.32 Å². The normalized spacial score (nSPS) is 9.29. The summed E-state index contributed by atoms with van der Waals surface area (Å²) in [5.74, 6) is 0.993. The standard InChI is InChI=1S/C9H12N2O3/c1-13-7-5-3-4-6(8(7)14-2)11-9(10)12/h3-5H,1-2H3,(H3,10,11,12). The highest BCUT2D eigenvalue weighted by molar-refractivity contribution is 5.90. The molecule has 0 aromatic heterocycles. The summed E-state index contributed by atoms with van der Waals surface area (Å²) >= 11 is 0. The van der Waals surface area contributed by atoms with E-state index in [1.807, 2.05) is 0 Å². The smallest absolute Gasteiger partial charge is 0.316 e. The largest absolute Gasteiger partial charge is 0.493 e. The molecule has 0 unspecified atom stereocenters. The summed E-state index contributed by atoms with van der Waals surface area (Å²) in [5.41, 5.74) is 5.48. The Morgan fingerprint density at radius 1 is 1.36 bits per heavy atom. The second-order valence-electron chi connectivity index (χ2n) is 2.53. The Morgan fingerprint density at radius 2 is 2.07 bits per heavy atom. The summed E-state index contributed by atoms with van der Waals surface area (Å²) in [6.07, 6.45) is 0. The Bertz CT molecular complexity index is 339. The highest BCUT2D eigenvalue weighted by atomic mass is 16.5. The van der Waals surface area contributed by atoms with E-state index in [0.717, 1.165) is 0 Å². The molecule has 0 heterocycles. The van der Waals surface area contributed by atoms with Gasteiger partial charge in [0, 0.05) is 0 Å². The molecule has 1 aromatic rings. The minimum Gasteiger partial charge on any atom is -0.493 e. The topological polar surface area (TPSA) is 73.6 Å². The Hall–Kier alpha value is -1.91. The summed E-state index contributed by atoms with van der Waals surface area (Å²) in [6.45, 7) is 0. The molecule has 1 aromatic carbocycles. The van der Waals surface area contributed by atoms with Crippen molar-refractivity contribution in [3.63, 3.8) is 0 Å². The molecule has 2 amide bonds. The van der Waals surface area contributed by atoms with Crippen LogP contribution in [0.25, 0.3) is 0 Å². The van der Waals surface area contributed by atoms with Crippen LogP contribution in [0, 0.1) is 0 Å². The average molecular weight is 196 g/mol. The lowest BCUT2D eigenvalue weighted by Gasteiger charge is -2.11. The van der Waals surface area contributed by atoms with Crippen molar-refractivity contribution in [1.82, 2.24) is 0 Å². The van der Waals surface area contributed by atoms with Crippen LogP contribution in [0.15, 0.2) is 18.2 Å². The zero-order valence-corrected chi connectivity index (χ0v) is 8.03. The molecule has 0 atom stereocenters. The quantitative estimate of drug-likeness (QED) is 0.762. The van der Waals surface area contributed by atoms with E-state index in [1.54, 1.807) is 18.2 Å². The first-order valence-electron chi connectivity index (χ1n) is 3.96. The van der Waals surface area contributed by atoms with Crippen molar-refractivity contribution in [2.45, 2.75) is 0 Å². The number of nitrogens with one attached hydrogen (secondary N) is 1. The third-order valence-electron chi connectivity index (χ3n) is 1.66. The number of hydrogen-bond acceptors (Lipinski definition) is 3. The Morgan fingerprint density at radius 3 is 2.57 bits per heavy atom. The first-order chi connectivity index (χ1) is 6.69. The SMILES string of the molecule is COc1cccc(NC(N)=O)c1OC. The Labute approximate surface area is 81.8 Å². The van der Waals surface area contributed by atoms with Gasteiger partial charge in [0.05, 0.1) is 19.9 Å². The van der Waals surface area contributed by atoms with Crippen LogP contribution in [-0.4, -0.2) is 20.3 Å². The van der Waals surface area contributed by atoms with Crippen molar-refractivity contribution in [3.8, 4) is 11.5 Å². The molecule has 0 radical (unpaired) electrons. The number of carbonyl (C=O) groups excluding carboxylic acids is 1. The van der Waals surface area contributed by atoms with E-state index in [-0.39, 0.29) is 0 Å². The van der Waals surface area contributed by atoms with E-state index >= 15 is 0 Å². The fourth-order valence-electron chi connectivity index (χ4n) is 1.12. The van der Waals surface area contributed by atoms with Gasteiger partial charge in [-0.25, -0.2) is 4.79 Å². The number of urea groups is 1. The minimum atomic E-state index is -0.642. The van der Waals surface area contributed by atoms with Crippen LogP contribution >= 0.6 is 0 Å². The molecule has 14 heavy (non-hydrogen) atoms. The molecule has 0 saturated carbocycles. The summed E-state index contributed by atoms with van der Waals surface area (Å²) in [5, 5.41) is 2.43. The van der Waals surface area contributed by atoms with Gasteiger partial charge in [-0.15, -0.1) is 0 Å². The van der Waals surface area contributed by atoms with Crippen molar-refractivity contribution >= 4 is 11.7 Å². The number of rotatable bonds is 3. The van der Waals surface area contributed by atoms with Gasteiger partial charge >= 0.3 is 6.03 Å². The van der Waals surface area contributed by atoms with E-state index in [4.69, 9.17) is 15.2 Å². The summed E-state index contributed by atoms with van der Waals surface area (Å²) < 4.78 is 10.1. The number of methoxy groups -OCH3 is 2. The number of ether oxygens (including phenoxy) is 2. The third kappa shape index (κ3) is 2.07. The molecule has 0 fully saturated rings. The number of benzene rings is 1. The predicted molar refractivity (Wildman–Crippen MR) is 52.8 cm³/mol. The molecule has 5 heteroatoms. The molecule has 0 aliphatic rings. The monoisotopic (exact) mass is 196 g/mol. The van der Waals surface area contributed by atoms with Crippen LogP contribution in [-0.2, 0) is 0 Å². The van der Waals surface area contributed by atoms with Crippen LogP contribution in [0.4, 0.5) is 10.5 Å². The maximum absolute atomic E-state index is 10.7. The molecule has 5 nitrogen and oxygen atoms in total. The molecule has 1 rings (SSSR count). The van der Waals surface area contributed by atoms with Crippen molar-refractivity contribution < 1.29 is 14.3 Å². The molecule has 3 N–H and O–H groups in total. The average Bonchev–Trinajstić information content (AvgIpc) is 2.16. The second-order valence-corrected chi connectivity index (χ2v) is 2.53. The van der Waals surface area contributed by atoms with Crippen molar-refractivity contribution in [1.29, 1.82) is 0 Å². The molecule has 0 bridgehead atoms. The second kappa shape index (κ2) is 4.36. The number of primary amides is 1. The third-order valence-corrected chi connectivity index (χ3v) is 1.66. The van der Waals surface area contributed by atoms with Gasteiger partial charge in [0.1, 0.15) is 0 Å². The highest BCUT2D eigenvalue weighted by Gasteiger charge is 2.09. The Balaban J connectivity index is 3.08. The lowest BCUT2D eigenvalue weighted by Crippen LogP contribution is -2.19. The molecular formula is C9H12N2O3. The van der Waals surface area contributed by atoms with E-state index in [1.165, 1.54) is 14.2 Å². The predicted octanol–water partition coefficient (Wildman–Crippen LogP) is 1.19. The van der Waals surface area contributed by atoms with Crippen LogP contribution in [0.3, 0.4) is 0 Å². The zero-order valence-electron chi connectivity index (χ0n) is 8.03. The number of carbonyl (C=O) groups is 1. The van der Waals surface area contributed by atoms with Gasteiger partial charge in [0.15, 0.2) is 11.5 Å². The highest BCUT2D eigenvalue weighted by Crippen LogP contribution is 2.34. The van der Waals surface area contributed by atoms with E-state index in [9.17, 15) is 4.79 Å². The fraction of sp³-hybridized carbons (Fsp3) is 0.222. The number of anilines is 1. The van der Waals surface area contributed by atoms with Gasteiger partial charge in [0.2, 0.25) is 0 Å². The van der Waals surface area contributed by atoms with Crippen LogP contribution < -0.4 is 20.5 Å². The molecule has 0 spiro atoms. The van der Waals surface area contributed by atoms with E-state index < -0.39 is 6.03 Å². The van der Waals surface area contributed by atoms with Crippen molar-refractivity contribution in [2.24, 2.45) is 5.73 Å². The molecule has 0 aliphatic carbocycles. The van der Waals surface area contributed by atoms with Gasteiger partial charge in [-0.2, -0.15) is 0 Å². The first-order valence-corrected chi connectivity index (χ1v) is 3.96. The van der Waals surface area contributed by atoms with Crippen LogP contribution in [0.5, 0.6) is 11.5 Å². The van der Waals surface area contributed by atoms with Gasteiger partial charge in [-0.1, -0.05) is 6.07 Å². The van der Waals surface area contributed by atoms with Crippen molar-refractivity contribution in [3.05, 3.63) is 18.2 Å². The van der Waals surface area contributed by atoms with Crippen LogP contribution in [0.2, 0.25) is 0 Å². The molecule has 76 valence electrons. The van der Waals surface area contributed by atoms with Gasteiger partial charge < -0.3 is 20.5 Å². The summed E-state index contributed by atoms with van der Waals surface area (Å²) in [7, 11) is 3.01. The molecular weight excluding hydrogens is 184 g/mol. The van der Waals surface area contributed by atoms with Crippen LogP contribution in [0.1, 0.15) is 0 Å². The summed E-state index contributed by atoms with van der Waals surface area (Å²) in [4.78, 5) is 10.7. The maximum atomic E-state index is 10.7. The molecule has 0 aliphatic heterocycles. The van der Waals surface area contributed by atoms with E-state index in [0.29, 0.717) is 17.2 Å². The Kier molecular flexibility index (Phi) is 3.17. The number of para-hydroxylation sites is 1. The first kappa shape index (κ1) is 10.2. The lowest BCUT2D eigenvalue weighted by atomic mass is 10.2. The minimum absolute atomic E-state index is 0.453. The summed E-state index contributed by atoms with van der Waals surface area (Å²) in [6, 6.07) is 4.49. The van der Waals surface area contributed by atoms with Gasteiger partial charge in [0.25, 0.3) is 0 Å². The maximum Gasteiger partial charge on any atom is 0.316 e. The van der Waals surface area contributed by atoms with Gasteiger partial charge in [-0.3, -0.25) is 0 Å². The number of amides is 2. The number of hydrogen-bond donors (Lipinski definition) is 2.